The zero-order chi connectivity index (χ0) is 15.7. The second kappa shape index (κ2) is 6.06. The molecule has 2 amide bonds. The van der Waals surface area contributed by atoms with Crippen LogP contribution in [0.15, 0.2) is 18.2 Å². The van der Waals surface area contributed by atoms with E-state index < -0.39 is 6.04 Å². The molecule has 0 saturated carbocycles. The summed E-state index contributed by atoms with van der Waals surface area (Å²) >= 11 is 6.14. The Balaban J connectivity index is 2.26. The molecule has 1 atom stereocenters. The highest BCUT2D eigenvalue weighted by molar-refractivity contribution is 6.31. The number of piperazine rings is 1. The zero-order valence-electron chi connectivity index (χ0n) is 12.9. The van der Waals surface area contributed by atoms with Gasteiger partial charge in [0.15, 0.2) is 0 Å². The van der Waals surface area contributed by atoms with Crippen LogP contribution in [0.4, 0.5) is 5.69 Å². The Morgan fingerprint density at radius 3 is 2.62 bits per heavy atom. The minimum Gasteiger partial charge on any atom is -0.329 e. The molecule has 0 spiro atoms. The van der Waals surface area contributed by atoms with Gasteiger partial charge in [-0.3, -0.25) is 9.59 Å². The van der Waals surface area contributed by atoms with Gasteiger partial charge in [0.1, 0.15) is 6.04 Å². The summed E-state index contributed by atoms with van der Waals surface area (Å²) < 4.78 is 0. The van der Waals surface area contributed by atoms with Gasteiger partial charge in [-0.05, 0) is 31.5 Å². The van der Waals surface area contributed by atoms with Gasteiger partial charge in [-0.1, -0.05) is 31.5 Å². The predicted molar refractivity (Wildman–Crippen MR) is 84.6 cm³/mol. The highest BCUT2D eigenvalue weighted by atomic mass is 35.5. The molecule has 2 rings (SSSR count). The number of carbonyl (C=O) groups excluding carboxylic acids is 2. The standard InChI is InChI=1S/C16H21ClN2O2/c1-10(2)15(20)18-8-9-19(16(21)12(18)4)14-7-5-6-13(17)11(14)3/h5-7,10,12H,8-9H2,1-4H3. The molecule has 4 nitrogen and oxygen atoms in total. The lowest BCUT2D eigenvalue weighted by Gasteiger charge is -2.40. The maximum atomic E-state index is 12.6. The number of nitrogens with zero attached hydrogens (tertiary/aromatic N) is 2. The molecule has 1 aromatic rings. The Morgan fingerprint density at radius 1 is 1.33 bits per heavy atom. The number of benzene rings is 1. The van der Waals surface area contributed by atoms with Crippen molar-refractivity contribution in [3.05, 3.63) is 28.8 Å². The van der Waals surface area contributed by atoms with Gasteiger partial charge in [-0.15, -0.1) is 0 Å². The molecule has 1 unspecified atom stereocenters. The van der Waals surface area contributed by atoms with Crippen molar-refractivity contribution in [1.82, 2.24) is 4.90 Å². The third kappa shape index (κ3) is 2.91. The second-order valence-electron chi connectivity index (χ2n) is 5.74. The summed E-state index contributed by atoms with van der Waals surface area (Å²) in [5, 5.41) is 0.647. The maximum absolute atomic E-state index is 12.6. The fraction of sp³-hybridized carbons (Fsp3) is 0.500. The lowest BCUT2D eigenvalue weighted by Crippen LogP contribution is -2.58. The van der Waals surface area contributed by atoms with Crippen LogP contribution in [0.25, 0.3) is 0 Å². The molecule has 0 aliphatic carbocycles. The van der Waals surface area contributed by atoms with E-state index in [-0.39, 0.29) is 17.7 Å². The Kier molecular flexibility index (Phi) is 4.57. The van der Waals surface area contributed by atoms with E-state index in [0.717, 1.165) is 11.3 Å². The van der Waals surface area contributed by atoms with Gasteiger partial charge < -0.3 is 9.80 Å². The molecule has 0 radical (unpaired) electrons. The number of anilines is 1. The highest BCUT2D eigenvalue weighted by Gasteiger charge is 2.36. The molecule has 1 fully saturated rings. The van der Waals surface area contributed by atoms with Crippen LogP contribution in [0.1, 0.15) is 26.3 Å². The Labute approximate surface area is 130 Å². The van der Waals surface area contributed by atoms with Crippen LogP contribution in [0, 0.1) is 12.8 Å². The number of hydrogen-bond acceptors (Lipinski definition) is 2. The Hall–Kier alpha value is -1.55. The molecule has 0 N–H and O–H groups in total. The first kappa shape index (κ1) is 15.8. The number of rotatable bonds is 2. The van der Waals surface area contributed by atoms with Gasteiger partial charge in [-0.25, -0.2) is 0 Å². The third-order valence-corrected chi connectivity index (χ3v) is 4.37. The monoisotopic (exact) mass is 308 g/mol. The van der Waals surface area contributed by atoms with Gasteiger partial charge in [0.05, 0.1) is 0 Å². The van der Waals surface area contributed by atoms with Crippen LogP contribution in [0.3, 0.4) is 0 Å². The largest absolute Gasteiger partial charge is 0.329 e. The molecule has 1 aliphatic rings. The number of halogens is 1. The zero-order valence-corrected chi connectivity index (χ0v) is 13.6. The van der Waals surface area contributed by atoms with Crippen molar-refractivity contribution in [2.24, 2.45) is 5.92 Å². The van der Waals surface area contributed by atoms with E-state index in [9.17, 15) is 9.59 Å². The average molecular weight is 309 g/mol. The average Bonchev–Trinajstić information content (AvgIpc) is 2.44. The second-order valence-corrected chi connectivity index (χ2v) is 6.14. The van der Waals surface area contributed by atoms with E-state index in [4.69, 9.17) is 11.6 Å². The van der Waals surface area contributed by atoms with Crippen LogP contribution in [0.2, 0.25) is 5.02 Å². The third-order valence-electron chi connectivity index (χ3n) is 3.96. The first-order valence-corrected chi connectivity index (χ1v) is 7.59. The van der Waals surface area contributed by atoms with Crippen molar-refractivity contribution in [3.63, 3.8) is 0 Å². The Bertz CT molecular complexity index is 571. The molecule has 0 aromatic heterocycles. The van der Waals surface area contributed by atoms with Crippen molar-refractivity contribution in [2.75, 3.05) is 18.0 Å². The molecule has 1 heterocycles. The summed E-state index contributed by atoms with van der Waals surface area (Å²) in [6.45, 7) is 8.45. The van der Waals surface area contributed by atoms with E-state index in [1.54, 1.807) is 16.7 Å². The molecular formula is C16H21ClN2O2. The molecule has 0 bridgehead atoms. The molecule has 5 heteroatoms. The molecular weight excluding hydrogens is 288 g/mol. The minimum atomic E-state index is -0.438. The first-order valence-electron chi connectivity index (χ1n) is 7.21. The fourth-order valence-electron chi connectivity index (χ4n) is 2.63. The predicted octanol–water partition coefficient (Wildman–Crippen LogP) is 2.87. The molecule has 114 valence electrons. The summed E-state index contributed by atoms with van der Waals surface area (Å²) in [4.78, 5) is 28.2. The maximum Gasteiger partial charge on any atom is 0.249 e. The van der Waals surface area contributed by atoms with Crippen LogP contribution in [-0.4, -0.2) is 35.8 Å². The fourth-order valence-corrected chi connectivity index (χ4v) is 2.80. The van der Waals surface area contributed by atoms with Gasteiger partial charge in [-0.2, -0.15) is 0 Å². The number of amides is 2. The number of carbonyl (C=O) groups is 2. The normalized spacial score (nSPS) is 19.3. The van der Waals surface area contributed by atoms with Gasteiger partial charge in [0.25, 0.3) is 0 Å². The summed E-state index contributed by atoms with van der Waals surface area (Å²) in [6, 6.07) is 5.11. The summed E-state index contributed by atoms with van der Waals surface area (Å²) in [5.74, 6) is -0.126. The van der Waals surface area contributed by atoms with Crippen molar-refractivity contribution >= 4 is 29.1 Å². The van der Waals surface area contributed by atoms with Crippen molar-refractivity contribution < 1.29 is 9.59 Å². The van der Waals surface area contributed by atoms with E-state index in [1.165, 1.54) is 0 Å². The minimum absolute atomic E-state index is 0.0262. The van der Waals surface area contributed by atoms with Crippen molar-refractivity contribution in [1.29, 1.82) is 0 Å². The van der Waals surface area contributed by atoms with E-state index in [1.807, 2.05) is 39.0 Å². The van der Waals surface area contributed by atoms with E-state index in [2.05, 4.69) is 0 Å². The molecule has 21 heavy (non-hydrogen) atoms. The summed E-state index contributed by atoms with van der Waals surface area (Å²) in [6.07, 6.45) is 0. The van der Waals surface area contributed by atoms with E-state index in [0.29, 0.717) is 18.1 Å². The lowest BCUT2D eigenvalue weighted by atomic mass is 10.1. The first-order chi connectivity index (χ1) is 9.84. The van der Waals surface area contributed by atoms with Gasteiger partial charge in [0, 0.05) is 29.7 Å². The molecule has 1 aromatic carbocycles. The van der Waals surface area contributed by atoms with Crippen molar-refractivity contribution in [3.8, 4) is 0 Å². The molecule has 1 aliphatic heterocycles. The van der Waals surface area contributed by atoms with Crippen LogP contribution >= 0.6 is 11.6 Å². The topological polar surface area (TPSA) is 40.6 Å². The molecule has 1 saturated heterocycles. The van der Waals surface area contributed by atoms with Crippen LogP contribution in [-0.2, 0) is 9.59 Å². The summed E-state index contributed by atoms with van der Waals surface area (Å²) in [5.41, 5.74) is 1.72. The smallest absolute Gasteiger partial charge is 0.249 e. The summed E-state index contributed by atoms with van der Waals surface area (Å²) in [7, 11) is 0. The quantitative estimate of drug-likeness (QED) is 0.843. The van der Waals surface area contributed by atoms with Crippen molar-refractivity contribution in [2.45, 2.75) is 33.7 Å². The highest BCUT2D eigenvalue weighted by Crippen LogP contribution is 2.29. The SMILES string of the molecule is Cc1c(Cl)cccc1N1CCN(C(=O)C(C)C)C(C)C1=O. The van der Waals surface area contributed by atoms with Crippen LogP contribution in [0.5, 0.6) is 0 Å². The lowest BCUT2D eigenvalue weighted by molar-refractivity contribution is -0.143. The Morgan fingerprint density at radius 2 is 2.00 bits per heavy atom. The van der Waals surface area contributed by atoms with Gasteiger partial charge >= 0.3 is 0 Å². The van der Waals surface area contributed by atoms with Crippen LogP contribution < -0.4 is 4.90 Å². The number of hydrogen-bond donors (Lipinski definition) is 0. The van der Waals surface area contributed by atoms with E-state index >= 15 is 0 Å². The van der Waals surface area contributed by atoms with Gasteiger partial charge in [0.2, 0.25) is 11.8 Å².